The molecule has 2 aliphatic rings. The molecule has 2 heterocycles. The molecule has 0 spiro atoms. The summed E-state index contributed by atoms with van der Waals surface area (Å²) in [5.74, 6) is -0.998. The lowest BCUT2D eigenvalue weighted by atomic mass is 9.97. The van der Waals surface area contributed by atoms with Crippen molar-refractivity contribution in [1.29, 1.82) is 0 Å². The summed E-state index contributed by atoms with van der Waals surface area (Å²) in [6.45, 7) is 7.72. The summed E-state index contributed by atoms with van der Waals surface area (Å²) in [6, 6.07) is 17.8. The van der Waals surface area contributed by atoms with Gasteiger partial charge in [-0.2, -0.15) is 0 Å². The Labute approximate surface area is 235 Å². The van der Waals surface area contributed by atoms with E-state index < -0.39 is 23.9 Å². The lowest BCUT2D eigenvalue weighted by molar-refractivity contribution is 0.0424. The third-order valence-corrected chi connectivity index (χ3v) is 7.14. The van der Waals surface area contributed by atoms with E-state index in [2.05, 4.69) is 0 Å². The summed E-state index contributed by atoms with van der Waals surface area (Å²) in [6.07, 6.45) is 0.646. The average Bonchev–Trinajstić information content (AvgIpc) is 3.38. The van der Waals surface area contributed by atoms with Crippen LogP contribution in [0.3, 0.4) is 0 Å². The van der Waals surface area contributed by atoms with Crippen molar-refractivity contribution in [3.8, 4) is 23.0 Å². The Kier molecular flexibility index (Phi) is 6.18. The minimum Gasteiger partial charge on any atom is -0.456 e. The maximum Gasteiger partial charge on any atom is 0.350 e. The fourth-order valence-corrected chi connectivity index (χ4v) is 5.44. The zero-order valence-corrected chi connectivity index (χ0v) is 22.7. The van der Waals surface area contributed by atoms with Crippen LogP contribution in [0.15, 0.2) is 60.7 Å². The van der Waals surface area contributed by atoms with Crippen LogP contribution in [0, 0.1) is 27.7 Å². The van der Waals surface area contributed by atoms with Gasteiger partial charge in [0.2, 0.25) is 0 Å². The number of rotatable bonds is 6. The number of benzene rings is 4. The van der Waals surface area contributed by atoms with E-state index in [1.807, 2.05) is 52.0 Å². The minimum absolute atomic E-state index is 0.137. The third kappa shape index (κ3) is 4.53. The molecule has 0 atom stereocenters. The van der Waals surface area contributed by atoms with Gasteiger partial charge in [-0.3, -0.25) is 0 Å². The first-order chi connectivity index (χ1) is 19.6. The number of hydrogen-bond donors (Lipinski definition) is 0. The standard InChI is InChI=1S/C33H24O8/c1-16-11-20(12-17(2)28(16)38-24-9-5-7-22-26(24)32(36)40-30(22)34)15-21-13-18(3)29(19(4)14-21)39-25-10-6-8-23-27(25)33(37)41-31(23)35/h5-14H,15H2,1-4H3. The van der Waals surface area contributed by atoms with Gasteiger partial charge in [-0.05, 0) is 91.8 Å². The molecule has 0 fully saturated rings. The summed E-state index contributed by atoms with van der Waals surface area (Å²) >= 11 is 0. The second kappa shape index (κ2) is 9.75. The third-order valence-electron chi connectivity index (χ3n) is 7.14. The van der Waals surface area contributed by atoms with Gasteiger partial charge in [0.05, 0.1) is 11.1 Å². The zero-order chi connectivity index (χ0) is 29.0. The molecule has 204 valence electrons. The SMILES string of the molecule is Cc1cc(Cc2cc(C)c(Oc3cccc4c3C(=O)OC4=O)c(C)c2)cc(C)c1Oc1cccc2c1C(=O)OC2=O. The molecule has 0 aliphatic carbocycles. The molecule has 8 heteroatoms. The first-order valence-electron chi connectivity index (χ1n) is 13.0. The van der Waals surface area contributed by atoms with Crippen LogP contribution in [0.5, 0.6) is 23.0 Å². The van der Waals surface area contributed by atoms with Crippen LogP contribution < -0.4 is 9.47 Å². The van der Waals surface area contributed by atoms with Gasteiger partial charge in [-0.1, -0.05) is 36.4 Å². The fourth-order valence-electron chi connectivity index (χ4n) is 5.44. The number of esters is 4. The zero-order valence-electron chi connectivity index (χ0n) is 22.7. The van der Waals surface area contributed by atoms with E-state index in [-0.39, 0.29) is 33.8 Å². The Bertz CT molecular complexity index is 1650. The topological polar surface area (TPSA) is 105 Å². The summed E-state index contributed by atoms with van der Waals surface area (Å²) in [5, 5.41) is 0. The Morgan fingerprint density at radius 1 is 0.537 bits per heavy atom. The van der Waals surface area contributed by atoms with Crippen LogP contribution in [-0.2, 0) is 15.9 Å². The highest BCUT2D eigenvalue weighted by atomic mass is 16.6. The summed E-state index contributed by atoms with van der Waals surface area (Å²) in [5.41, 5.74) is 6.31. The van der Waals surface area contributed by atoms with Crippen LogP contribution in [0.25, 0.3) is 0 Å². The molecular formula is C33H24O8. The molecule has 41 heavy (non-hydrogen) atoms. The number of ether oxygens (including phenoxy) is 4. The van der Waals surface area contributed by atoms with Crippen molar-refractivity contribution in [3.63, 3.8) is 0 Å². The van der Waals surface area contributed by atoms with E-state index in [0.29, 0.717) is 17.9 Å². The highest BCUT2D eigenvalue weighted by Crippen LogP contribution is 2.38. The molecule has 0 unspecified atom stereocenters. The van der Waals surface area contributed by atoms with Crippen molar-refractivity contribution in [2.45, 2.75) is 34.1 Å². The first-order valence-corrected chi connectivity index (χ1v) is 13.0. The molecule has 0 amide bonds. The van der Waals surface area contributed by atoms with E-state index >= 15 is 0 Å². The molecule has 4 aromatic carbocycles. The maximum absolute atomic E-state index is 12.2. The van der Waals surface area contributed by atoms with Crippen molar-refractivity contribution in [3.05, 3.63) is 116 Å². The molecule has 8 nitrogen and oxygen atoms in total. The van der Waals surface area contributed by atoms with Crippen molar-refractivity contribution in [2.24, 2.45) is 0 Å². The normalized spacial score (nSPS) is 13.6. The molecular weight excluding hydrogens is 524 g/mol. The van der Waals surface area contributed by atoms with Gasteiger partial charge < -0.3 is 18.9 Å². The number of carbonyl (C=O) groups is 4. The molecule has 0 radical (unpaired) electrons. The van der Waals surface area contributed by atoms with E-state index in [9.17, 15) is 19.2 Å². The molecule has 0 saturated heterocycles. The van der Waals surface area contributed by atoms with E-state index in [0.717, 1.165) is 33.4 Å². The predicted octanol–water partition coefficient (Wildman–Crippen LogP) is 6.72. The Morgan fingerprint density at radius 3 is 1.27 bits per heavy atom. The van der Waals surface area contributed by atoms with Gasteiger partial charge >= 0.3 is 23.9 Å². The first kappa shape index (κ1) is 26.0. The van der Waals surface area contributed by atoms with Gasteiger partial charge in [-0.15, -0.1) is 0 Å². The lowest BCUT2D eigenvalue weighted by Gasteiger charge is -2.17. The minimum atomic E-state index is -0.712. The van der Waals surface area contributed by atoms with E-state index in [1.165, 1.54) is 0 Å². The van der Waals surface area contributed by atoms with Crippen molar-refractivity contribution >= 4 is 23.9 Å². The molecule has 0 N–H and O–H groups in total. The highest BCUT2D eigenvalue weighted by molar-refractivity contribution is 6.16. The number of aryl methyl sites for hydroxylation is 4. The van der Waals surface area contributed by atoms with Crippen LogP contribution in [-0.4, -0.2) is 23.9 Å². The predicted molar refractivity (Wildman–Crippen MR) is 147 cm³/mol. The average molecular weight is 549 g/mol. The summed E-state index contributed by atoms with van der Waals surface area (Å²) in [4.78, 5) is 48.3. The number of hydrogen-bond acceptors (Lipinski definition) is 8. The Morgan fingerprint density at radius 2 is 0.902 bits per heavy atom. The monoisotopic (exact) mass is 548 g/mol. The molecule has 4 aromatic rings. The van der Waals surface area contributed by atoms with Crippen molar-refractivity contribution < 1.29 is 38.1 Å². The number of fused-ring (bicyclic) bond motifs is 2. The number of cyclic esters (lactones) is 4. The van der Waals surface area contributed by atoms with Gasteiger partial charge in [0.15, 0.2) is 0 Å². The fraction of sp³-hybridized carbons (Fsp3) is 0.152. The maximum atomic E-state index is 12.2. The molecule has 2 aliphatic heterocycles. The van der Waals surface area contributed by atoms with Crippen molar-refractivity contribution in [2.75, 3.05) is 0 Å². The quantitative estimate of drug-likeness (QED) is 0.193. The smallest absolute Gasteiger partial charge is 0.350 e. The molecule has 0 saturated carbocycles. The molecule has 0 bridgehead atoms. The van der Waals surface area contributed by atoms with Crippen LogP contribution in [0.2, 0.25) is 0 Å². The van der Waals surface area contributed by atoms with Crippen LogP contribution in [0.1, 0.15) is 74.8 Å². The molecule has 6 rings (SSSR count). The van der Waals surface area contributed by atoms with Crippen LogP contribution >= 0.6 is 0 Å². The lowest BCUT2D eigenvalue weighted by Crippen LogP contribution is -2.02. The second-order valence-corrected chi connectivity index (χ2v) is 10.2. The van der Waals surface area contributed by atoms with Crippen LogP contribution in [0.4, 0.5) is 0 Å². The van der Waals surface area contributed by atoms with E-state index in [4.69, 9.17) is 18.9 Å². The second-order valence-electron chi connectivity index (χ2n) is 10.2. The van der Waals surface area contributed by atoms with E-state index in [1.54, 1.807) is 36.4 Å². The van der Waals surface area contributed by atoms with Gasteiger partial charge in [0.1, 0.15) is 34.1 Å². The van der Waals surface area contributed by atoms with Gasteiger partial charge in [0, 0.05) is 0 Å². The van der Waals surface area contributed by atoms with Gasteiger partial charge in [0.25, 0.3) is 0 Å². The highest BCUT2D eigenvalue weighted by Gasteiger charge is 2.34. The number of carbonyl (C=O) groups excluding carboxylic acids is 4. The Hall–Kier alpha value is -5.24. The Balaban J connectivity index is 1.25. The largest absolute Gasteiger partial charge is 0.456 e. The summed E-state index contributed by atoms with van der Waals surface area (Å²) in [7, 11) is 0. The van der Waals surface area contributed by atoms with Gasteiger partial charge in [-0.25, -0.2) is 19.2 Å². The van der Waals surface area contributed by atoms with Crippen molar-refractivity contribution in [1.82, 2.24) is 0 Å². The molecule has 0 aromatic heterocycles. The summed E-state index contributed by atoms with van der Waals surface area (Å²) < 4.78 is 21.8.